The van der Waals surface area contributed by atoms with Crippen LogP contribution in [0.4, 0.5) is 0 Å². The molecule has 1 nitrogen and oxygen atoms in total. The molecule has 0 N–H and O–H groups in total. The first-order valence-electron chi connectivity index (χ1n) is 4.75. The van der Waals surface area contributed by atoms with Gasteiger partial charge in [0.05, 0.1) is 0 Å². The highest BCUT2D eigenvalue weighted by Gasteiger charge is 2.17. The van der Waals surface area contributed by atoms with E-state index < -0.39 is 8.24 Å². The number of nitrogens with zero attached hydrogens (tertiary/aromatic N) is 1. The van der Waals surface area contributed by atoms with E-state index in [9.17, 15) is 0 Å². The van der Waals surface area contributed by atoms with E-state index in [1.165, 1.54) is 10.9 Å². The molecular formula is C11H14ClNSi. The normalized spacial score (nSPS) is 12.3. The van der Waals surface area contributed by atoms with Crippen LogP contribution < -0.4 is 0 Å². The Morgan fingerprint density at radius 2 is 1.86 bits per heavy atom. The third kappa shape index (κ3) is 1.60. The number of aromatic nitrogens is 1. The van der Waals surface area contributed by atoms with Gasteiger partial charge < -0.3 is 4.23 Å². The zero-order valence-electron chi connectivity index (χ0n) is 8.71. The number of fused-ring (bicyclic) bond motifs is 1. The standard InChI is InChI=1S/C11H14ClNSi/c1-14(2,3)13-7-6-9-4-5-10(12)8-11(9)13/h4-8H,1-3H3. The fourth-order valence-electron chi connectivity index (χ4n) is 1.69. The number of hydrogen-bond donors (Lipinski definition) is 0. The Morgan fingerprint density at radius 3 is 2.50 bits per heavy atom. The first-order valence-corrected chi connectivity index (χ1v) is 8.58. The summed E-state index contributed by atoms with van der Waals surface area (Å²) in [5.41, 5.74) is 1.26. The van der Waals surface area contributed by atoms with Crippen LogP contribution in [0, 0.1) is 0 Å². The minimum Gasteiger partial charge on any atom is -0.375 e. The highest BCUT2D eigenvalue weighted by Crippen LogP contribution is 2.23. The Bertz CT molecular complexity index is 468. The summed E-state index contributed by atoms with van der Waals surface area (Å²) in [6.07, 6.45) is 2.17. The van der Waals surface area contributed by atoms with Gasteiger partial charge in [-0.05, 0) is 29.8 Å². The quantitative estimate of drug-likeness (QED) is 0.645. The van der Waals surface area contributed by atoms with Gasteiger partial charge in [-0.1, -0.05) is 37.3 Å². The molecule has 0 amide bonds. The Hall–Kier alpha value is -0.733. The summed E-state index contributed by atoms with van der Waals surface area (Å²) < 4.78 is 2.38. The molecule has 1 aromatic heterocycles. The number of hydrogen-bond acceptors (Lipinski definition) is 0. The predicted molar refractivity (Wildman–Crippen MR) is 65.7 cm³/mol. The zero-order chi connectivity index (χ0) is 10.3. The van der Waals surface area contributed by atoms with Crippen molar-refractivity contribution < 1.29 is 0 Å². The maximum absolute atomic E-state index is 6.00. The number of halogens is 1. The van der Waals surface area contributed by atoms with Crippen molar-refractivity contribution in [2.45, 2.75) is 19.6 Å². The topological polar surface area (TPSA) is 4.93 Å². The zero-order valence-corrected chi connectivity index (χ0v) is 10.5. The van der Waals surface area contributed by atoms with E-state index in [0.29, 0.717) is 0 Å². The molecule has 0 atom stereocenters. The Kier molecular flexibility index (Phi) is 2.20. The monoisotopic (exact) mass is 223 g/mol. The van der Waals surface area contributed by atoms with E-state index in [2.05, 4.69) is 48.3 Å². The molecule has 3 heteroatoms. The van der Waals surface area contributed by atoms with Crippen molar-refractivity contribution in [2.75, 3.05) is 0 Å². The largest absolute Gasteiger partial charge is 0.375 e. The van der Waals surface area contributed by atoms with E-state index >= 15 is 0 Å². The van der Waals surface area contributed by atoms with Gasteiger partial charge in [0.15, 0.2) is 8.24 Å². The van der Waals surface area contributed by atoms with Crippen LogP contribution in [-0.2, 0) is 0 Å². The van der Waals surface area contributed by atoms with Crippen LogP contribution in [0.5, 0.6) is 0 Å². The van der Waals surface area contributed by atoms with Gasteiger partial charge in [-0.3, -0.25) is 0 Å². The van der Waals surface area contributed by atoms with Crippen LogP contribution in [0.15, 0.2) is 30.5 Å². The molecule has 1 aromatic carbocycles. The van der Waals surface area contributed by atoms with E-state index in [1.54, 1.807) is 0 Å². The number of rotatable bonds is 1. The molecule has 14 heavy (non-hydrogen) atoms. The second-order valence-corrected chi connectivity index (χ2v) is 9.82. The average Bonchev–Trinajstić information content (AvgIpc) is 2.45. The van der Waals surface area contributed by atoms with Crippen LogP contribution in [0.3, 0.4) is 0 Å². The minimum absolute atomic E-state index is 0.815. The second kappa shape index (κ2) is 3.14. The van der Waals surface area contributed by atoms with Crippen molar-refractivity contribution in [2.24, 2.45) is 0 Å². The van der Waals surface area contributed by atoms with Crippen molar-refractivity contribution in [3.63, 3.8) is 0 Å². The van der Waals surface area contributed by atoms with Gasteiger partial charge in [0.2, 0.25) is 0 Å². The summed E-state index contributed by atoms with van der Waals surface area (Å²) in [5.74, 6) is 0. The van der Waals surface area contributed by atoms with Gasteiger partial charge in [0.25, 0.3) is 0 Å². The lowest BCUT2D eigenvalue weighted by Crippen LogP contribution is -2.30. The molecular weight excluding hydrogens is 210 g/mol. The lowest BCUT2D eigenvalue weighted by atomic mass is 10.2. The second-order valence-electron chi connectivity index (χ2n) is 4.56. The third-order valence-electron chi connectivity index (χ3n) is 2.38. The Labute approximate surface area is 90.4 Å². The number of benzene rings is 1. The van der Waals surface area contributed by atoms with Crippen LogP contribution in [0.25, 0.3) is 10.9 Å². The molecule has 2 rings (SSSR count). The first-order chi connectivity index (χ1) is 6.48. The van der Waals surface area contributed by atoms with E-state index in [1.807, 2.05) is 6.07 Å². The van der Waals surface area contributed by atoms with Crippen molar-refractivity contribution in [1.29, 1.82) is 0 Å². The van der Waals surface area contributed by atoms with Crippen molar-refractivity contribution in [3.8, 4) is 0 Å². The molecule has 2 aromatic rings. The molecule has 0 spiro atoms. The fraction of sp³-hybridized carbons (Fsp3) is 0.273. The van der Waals surface area contributed by atoms with Crippen molar-refractivity contribution >= 4 is 30.7 Å². The van der Waals surface area contributed by atoms with Crippen LogP contribution in [0.2, 0.25) is 24.7 Å². The molecule has 0 aliphatic rings. The van der Waals surface area contributed by atoms with E-state index in [4.69, 9.17) is 11.6 Å². The molecule has 0 aliphatic carbocycles. The molecule has 74 valence electrons. The molecule has 0 saturated heterocycles. The first kappa shape index (κ1) is 9.81. The molecule has 1 heterocycles. The summed E-state index contributed by atoms with van der Waals surface area (Å²) in [4.78, 5) is 0. The van der Waals surface area contributed by atoms with Crippen molar-refractivity contribution in [1.82, 2.24) is 4.23 Å². The van der Waals surface area contributed by atoms with Gasteiger partial charge in [-0.15, -0.1) is 0 Å². The van der Waals surface area contributed by atoms with Crippen LogP contribution >= 0.6 is 11.6 Å². The third-order valence-corrected chi connectivity index (χ3v) is 4.45. The van der Waals surface area contributed by atoms with Gasteiger partial charge in [0.1, 0.15) is 0 Å². The van der Waals surface area contributed by atoms with Crippen LogP contribution in [-0.4, -0.2) is 12.5 Å². The highest BCUT2D eigenvalue weighted by molar-refractivity contribution is 6.75. The molecule has 0 saturated carbocycles. The predicted octanol–water partition coefficient (Wildman–Crippen LogP) is 3.98. The molecule has 0 radical (unpaired) electrons. The van der Waals surface area contributed by atoms with Gasteiger partial charge in [-0.2, -0.15) is 0 Å². The molecule has 0 unspecified atom stereocenters. The average molecular weight is 224 g/mol. The lowest BCUT2D eigenvalue weighted by Gasteiger charge is -2.20. The maximum Gasteiger partial charge on any atom is 0.152 e. The summed E-state index contributed by atoms with van der Waals surface area (Å²) in [6.45, 7) is 6.98. The maximum atomic E-state index is 6.00. The van der Waals surface area contributed by atoms with Gasteiger partial charge >= 0.3 is 0 Å². The van der Waals surface area contributed by atoms with E-state index in [-0.39, 0.29) is 0 Å². The highest BCUT2D eigenvalue weighted by atomic mass is 35.5. The lowest BCUT2D eigenvalue weighted by molar-refractivity contribution is 1.20. The summed E-state index contributed by atoms with van der Waals surface area (Å²) >= 11 is 6.00. The Balaban J connectivity index is 2.73. The Morgan fingerprint density at radius 1 is 1.14 bits per heavy atom. The van der Waals surface area contributed by atoms with Crippen molar-refractivity contribution in [3.05, 3.63) is 35.5 Å². The molecule has 0 fully saturated rings. The van der Waals surface area contributed by atoms with Gasteiger partial charge in [-0.25, -0.2) is 0 Å². The molecule has 0 aliphatic heterocycles. The summed E-state index contributed by atoms with van der Waals surface area (Å²) in [5, 5.41) is 2.09. The van der Waals surface area contributed by atoms with Crippen LogP contribution in [0.1, 0.15) is 0 Å². The summed E-state index contributed by atoms with van der Waals surface area (Å²) in [6, 6.07) is 8.23. The minimum atomic E-state index is -1.31. The smallest absolute Gasteiger partial charge is 0.152 e. The van der Waals surface area contributed by atoms with Gasteiger partial charge in [0, 0.05) is 10.5 Å². The molecule has 0 bridgehead atoms. The SMILES string of the molecule is C[Si](C)(C)n1ccc2ccc(Cl)cc21. The van der Waals surface area contributed by atoms with E-state index in [0.717, 1.165) is 5.02 Å². The summed E-state index contributed by atoms with van der Waals surface area (Å²) in [7, 11) is -1.31. The fourth-order valence-corrected chi connectivity index (χ4v) is 3.29.